The third-order valence-corrected chi connectivity index (χ3v) is 3.05. The van der Waals surface area contributed by atoms with Crippen LogP contribution in [0.3, 0.4) is 0 Å². The van der Waals surface area contributed by atoms with Crippen LogP contribution >= 0.6 is 15.9 Å². The predicted molar refractivity (Wildman–Crippen MR) is 73.2 cm³/mol. The first-order valence-corrected chi connectivity index (χ1v) is 6.69. The van der Waals surface area contributed by atoms with E-state index >= 15 is 0 Å². The molecule has 0 heterocycles. The molecule has 1 unspecified atom stereocenters. The molecule has 0 aliphatic rings. The normalized spacial score (nSPS) is 12.7. The summed E-state index contributed by atoms with van der Waals surface area (Å²) in [6, 6.07) is 4.90. The third-order valence-electron chi connectivity index (χ3n) is 2.55. The van der Waals surface area contributed by atoms with Gasteiger partial charge in [0.15, 0.2) is 0 Å². The molecule has 0 aliphatic carbocycles. The van der Waals surface area contributed by atoms with Gasteiger partial charge in [-0.05, 0) is 25.1 Å². The molecule has 18 heavy (non-hydrogen) atoms. The van der Waals surface area contributed by atoms with E-state index in [1.807, 2.05) is 6.92 Å². The number of benzene rings is 1. The Kier molecular flexibility index (Phi) is 7.42. The zero-order valence-electron chi connectivity index (χ0n) is 10.7. The summed E-state index contributed by atoms with van der Waals surface area (Å²) in [5, 5.41) is 3.22. The van der Waals surface area contributed by atoms with E-state index in [1.54, 1.807) is 19.2 Å². The topological polar surface area (TPSA) is 30.5 Å². The summed E-state index contributed by atoms with van der Waals surface area (Å²) in [4.78, 5) is 0. The summed E-state index contributed by atoms with van der Waals surface area (Å²) in [6.07, 6.45) is 0. The molecular formula is C13H19BrFNO2. The highest BCUT2D eigenvalue weighted by Crippen LogP contribution is 2.21. The maximum atomic E-state index is 13.6. The van der Waals surface area contributed by atoms with E-state index in [9.17, 15) is 4.39 Å². The number of hydrogen-bond acceptors (Lipinski definition) is 3. The molecule has 0 fully saturated rings. The van der Waals surface area contributed by atoms with Gasteiger partial charge in [0.05, 0.1) is 19.8 Å². The fraction of sp³-hybridized carbons (Fsp3) is 0.538. The smallest absolute Gasteiger partial charge is 0.128 e. The number of ether oxygens (including phenoxy) is 2. The minimum atomic E-state index is -0.196. The van der Waals surface area contributed by atoms with Crippen molar-refractivity contribution in [3.05, 3.63) is 34.1 Å². The second-order valence-electron chi connectivity index (χ2n) is 3.95. The summed E-state index contributed by atoms with van der Waals surface area (Å²) >= 11 is 3.34. The lowest BCUT2D eigenvalue weighted by Crippen LogP contribution is -2.24. The highest BCUT2D eigenvalue weighted by atomic mass is 79.9. The zero-order valence-corrected chi connectivity index (χ0v) is 12.3. The van der Waals surface area contributed by atoms with Gasteiger partial charge in [-0.15, -0.1) is 0 Å². The van der Waals surface area contributed by atoms with Crippen molar-refractivity contribution in [3.8, 4) is 0 Å². The molecule has 0 saturated heterocycles. The Hall–Kier alpha value is -0.490. The molecule has 1 atom stereocenters. The van der Waals surface area contributed by atoms with E-state index in [0.29, 0.717) is 31.9 Å². The molecule has 1 aromatic carbocycles. The Morgan fingerprint density at radius 1 is 1.33 bits per heavy atom. The Labute approximate surface area is 116 Å². The van der Waals surface area contributed by atoms with Crippen LogP contribution in [-0.2, 0) is 9.47 Å². The Morgan fingerprint density at radius 2 is 2.11 bits per heavy atom. The Morgan fingerprint density at radius 3 is 2.83 bits per heavy atom. The van der Waals surface area contributed by atoms with E-state index in [-0.39, 0.29) is 11.9 Å². The summed E-state index contributed by atoms with van der Waals surface area (Å²) in [7, 11) is 1.64. The average Bonchev–Trinajstić information content (AvgIpc) is 2.36. The quantitative estimate of drug-likeness (QED) is 0.747. The SMILES string of the molecule is COCCOCCNC(C)c1cc(Br)ccc1F. The number of nitrogens with one attached hydrogen (secondary N) is 1. The van der Waals surface area contributed by atoms with Gasteiger partial charge in [-0.25, -0.2) is 4.39 Å². The van der Waals surface area contributed by atoms with Crippen LogP contribution in [0.25, 0.3) is 0 Å². The van der Waals surface area contributed by atoms with E-state index in [1.165, 1.54) is 6.07 Å². The standard InChI is InChI=1S/C13H19BrFNO2/c1-10(16-5-6-18-8-7-17-2)12-9-11(14)3-4-13(12)15/h3-4,9-10,16H,5-8H2,1-2H3. The lowest BCUT2D eigenvalue weighted by Gasteiger charge is -2.15. The fourth-order valence-corrected chi connectivity index (χ4v) is 1.93. The maximum Gasteiger partial charge on any atom is 0.128 e. The lowest BCUT2D eigenvalue weighted by molar-refractivity contribution is 0.0712. The number of rotatable bonds is 8. The van der Waals surface area contributed by atoms with Gasteiger partial charge >= 0.3 is 0 Å². The second-order valence-corrected chi connectivity index (χ2v) is 4.86. The third kappa shape index (κ3) is 5.44. The average molecular weight is 320 g/mol. The maximum absolute atomic E-state index is 13.6. The summed E-state index contributed by atoms with van der Waals surface area (Å²) in [5.74, 6) is -0.196. The first-order chi connectivity index (χ1) is 8.65. The van der Waals surface area contributed by atoms with Crippen LogP contribution in [0.4, 0.5) is 4.39 Å². The van der Waals surface area contributed by atoms with Crippen LogP contribution in [0.5, 0.6) is 0 Å². The second kappa shape index (κ2) is 8.58. The Balaban J connectivity index is 2.31. The van der Waals surface area contributed by atoms with Gasteiger partial charge in [0, 0.05) is 29.7 Å². The van der Waals surface area contributed by atoms with Crippen molar-refractivity contribution in [2.24, 2.45) is 0 Å². The van der Waals surface area contributed by atoms with Gasteiger partial charge in [0.2, 0.25) is 0 Å². The molecule has 0 bridgehead atoms. The van der Waals surface area contributed by atoms with E-state index in [0.717, 1.165) is 4.47 Å². The lowest BCUT2D eigenvalue weighted by atomic mass is 10.1. The van der Waals surface area contributed by atoms with Crippen LogP contribution in [-0.4, -0.2) is 33.5 Å². The van der Waals surface area contributed by atoms with Gasteiger partial charge < -0.3 is 14.8 Å². The molecule has 0 radical (unpaired) electrons. The molecule has 1 aromatic rings. The number of hydrogen-bond donors (Lipinski definition) is 1. The molecule has 0 saturated carbocycles. The minimum absolute atomic E-state index is 0.0477. The van der Waals surface area contributed by atoms with Gasteiger partial charge in [0.25, 0.3) is 0 Å². The van der Waals surface area contributed by atoms with E-state index < -0.39 is 0 Å². The molecule has 0 aromatic heterocycles. The zero-order chi connectivity index (χ0) is 13.4. The minimum Gasteiger partial charge on any atom is -0.382 e. The molecule has 102 valence electrons. The van der Waals surface area contributed by atoms with Crippen molar-refractivity contribution >= 4 is 15.9 Å². The molecule has 0 spiro atoms. The summed E-state index contributed by atoms with van der Waals surface area (Å²) in [6.45, 7) is 4.37. The Bertz CT molecular complexity index is 363. The van der Waals surface area contributed by atoms with Crippen molar-refractivity contribution in [3.63, 3.8) is 0 Å². The largest absolute Gasteiger partial charge is 0.382 e. The highest BCUT2D eigenvalue weighted by Gasteiger charge is 2.10. The first kappa shape index (κ1) is 15.6. The predicted octanol–water partition coefficient (Wildman–Crippen LogP) is 2.90. The molecule has 1 rings (SSSR count). The van der Waals surface area contributed by atoms with Gasteiger partial charge in [-0.2, -0.15) is 0 Å². The number of methoxy groups -OCH3 is 1. The van der Waals surface area contributed by atoms with Gasteiger partial charge in [0.1, 0.15) is 5.82 Å². The van der Waals surface area contributed by atoms with Gasteiger partial charge in [-0.3, -0.25) is 0 Å². The van der Waals surface area contributed by atoms with Crippen molar-refractivity contribution in [1.29, 1.82) is 0 Å². The van der Waals surface area contributed by atoms with Crippen LogP contribution in [0, 0.1) is 5.82 Å². The van der Waals surface area contributed by atoms with Crippen molar-refractivity contribution in [2.75, 3.05) is 33.5 Å². The van der Waals surface area contributed by atoms with E-state index in [4.69, 9.17) is 9.47 Å². The summed E-state index contributed by atoms with van der Waals surface area (Å²) in [5.41, 5.74) is 0.654. The molecule has 0 aliphatic heterocycles. The summed E-state index contributed by atoms with van der Waals surface area (Å²) < 4.78 is 24.7. The molecule has 1 N–H and O–H groups in total. The molecule has 3 nitrogen and oxygen atoms in total. The van der Waals surface area contributed by atoms with Crippen molar-refractivity contribution in [2.45, 2.75) is 13.0 Å². The first-order valence-electron chi connectivity index (χ1n) is 5.90. The van der Waals surface area contributed by atoms with Crippen LogP contribution in [0.1, 0.15) is 18.5 Å². The van der Waals surface area contributed by atoms with Crippen LogP contribution in [0.2, 0.25) is 0 Å². The number of halogens is 2. The van der Waals surface area contributed by atoms with Crippen LogP contribution in [0.15, 0.2) is 22.7 Å². The molecular weight excluding hydrogens is 301 g/mol. The van der Waals surface area contributed by atoms with E-state index in [2.05, 4.69) is 21.2 Å². The fourth-order valence-electron chi connectivity index (χ4n) is 1.55. The van der Waals surface area contributed by atoms with Gasteiger partial charge in [-0.1, -0.05) is 15.9 Å². The molecule has 0 amide bonds. The van der Waals surface area contributed by atoms with Crippen molar-refractivity contribution < 1.29 is 13.9 Å². The van der Waals surface area contributed by atoms with Crippen LogP contribution < -0.4 is 5.32 Å². The van der Waals surface area contributed by atoms with Crippen molar-refractivity contribution in [1.82, 2.24) is 5.32 Å². The monoisotopic (exact) mass is 319 g/mol. The highest BCUT2D eigenvalue weighted by molar-refractivity contribution is 9.10. The molecule has 5 heteroatoms.